The van der Waals surface area contributed by atoms with E-state index in [0.29, 0.717) is 13.2 Å². The number of amides is 1. The number of benzene rings is 2. The molecule has 2 N–H and O–H groups in total. The van der Waals surface area contributed by atoms with E-state index in [1.165, 1.54) is 0 Å². The molecular weight excluding hydrogens is 478 g/mol. The minimum absolute atomic E-state index is 0.0187. The van der Waals surface area contributed by atoms with Crippen LogP contribution in [0.25, 0.3) is 11.1 Å². The van der Waals surface area contributed by atoms with Crippen LogP contribution >= 0.6 is 11.6 Å². The Bertz CT molecular complexity index is 1120. The molecule has 0 spiro atoms. The molecule has 0 bridgehead atoms. The van der Waals surface area contributed by atoms with Crippen molar-refractivity contribution in [2.75, 3.05) is 6.61 Å². The molecule has 1 amide bonds. The summed E-state index contributed by atoms with van der Waals surface area (Å²) in [4.78, 5) is 15.5. The summed E-state index contributed by atoms with van der Waals surface area (Å²) < 4.78 is 14.7. The highest BCUT2D eigenvalue weighted by Gasteiger charge is 2.39. The van der Waals surface area contributed by atoms with Crippen molar-refractivity contribution in [2.45, 2.75) is 64.4 Å². The van der Waals surface area contributed by atoms with Gasteiger partial charge in [0.05, 0.1) is 19.0 Å². The molecule has 1 heterocycles. The fraction of sp³-hybridized carbons (Fsp3) is 0.407. The lowest BCUT2D eigenvalue weighted by molar-refractivity contribution is 0.0995. The van der Waals surface area contributed by atoms with Gasteiger partial charge in [0.1, 0.15) is 11.4 Å². The number of ether oxygens (including phenoxy) is 1. The Kier molecular flexibility index (Phi) is 8.80. The zero-order chi connectivity index (χ0) is 25.6. The number of primary amides is 1. The first-order valence-corrected chi connectivity index (χ1v) is 15.2. The molecule has 0 aliphatic rings. The van der Waals surface area contributed by atoms with Gasteiger partial charge in [-0.15, -0.1) is 0 Å². The minimum Gasteiger partial charge on any atom is -0.494 e. The van der Waals surface area contributed by atoms with Crippen LogP contribution in [-0.2, 0) is 11.0 Å². The first-order chi connectivity index (χ1) is 16.4. The summed E-state index contributed by atoms with van der Waals surface area (Å²) in [5, 5.41) is 0.814. The van der Waals surface area contributed by atoms with Gasteiger partial charge in [0.15, 0.2) is 8.32 Å². The summed E-state index contributed by atoms with van der Waals surface area (Å²) in [6, 6.07) is 15.9. The molecule has 0 aliphatic carbocycles. The van der Waals surface area contributed by atoms with Crippen LogP contribution in [0.3, 0.4) is 0 Å². The van der Waals surface area contributed by atoms with Crippen molar-refractivity contribution in [1.29, 1.82) is 0 Å². The highest BCUT2D eigenvalue weighted by molar-refractivity contribution is 6.74. The maximum atomic E-state index is 11.4. The molecule has 2 aromatic carbocycles. The molecule has 188 valence electrons. The second kappa shape index (κ2) is 11.4. The molecule has 0 saturated heterocycles. The summed E-state index contributed by atoms with van der Waals surface area (Å²) in [5.74, 6) is 0.305. The number of hydrogen-bond donors (Lipinski definition) is 1. The smallest absolute Gasteiger partial charge is 0.268 e. The predicted molar refractivity (Wildman–Crippen MR) is 144 cm³/mol. The summed E-state index contributed by atoms with van der Waals surface area (Å²) >= 11 is 6.01. The molecule has 1 aromatic heterocycles. The quantitative estimate of drug-likeness (QED) is 0.233. The molecule has 8 heteroatoms. The topological polar surface area (TPSA) is 79.4 Å². The summed E-state index contributed by atoms with van der Waals surface area (Å²) in [6.07, 6.45) is 4.97. The molecule has 3 aromatic rings. The number of carbonyl (C=O) groups excluding carboxylic acids is 1. The zero-order valence-corrected chi connectivity index (χ0v) is 23.0. The average Bonchev–Trinajstić information content (AvgIpc) is 3.25. The van der Waals surface area contributed by atoms with E-state index >= 15 is 0 Å². The van der Waals surface area contributed by atoms with Crippen LogP contribution in [-0.4, -0.2) is 36.5 Å². The molecule has 6 nitrogen and oxygen atoms in total. The fourth-order valence-electron chi connectivity index (χ4n) is 3.51. The monoisotopic (exact) mass is 513 g/mol. The Balaban J connectivity index is 1.62. The van der Waals surface area contributed by atoms with Gasteiger partial charge in [-0.3, -0.25) is 4.79 Å². The maximum absolute atomic E-state index is 11.4. The lowest BCUT2D eigenvalue weighted by Crippen LogP contribution is -2.45. The second-order valence-corrected chi connectivity index (χ2v) is 15.5. The van der Waals surface area contributed by atoms with Crippen molar-refractivity contribution in [3.05, 3.63) is 71.8 Å². The molecule has 1 unspecified atom stereocenters. The van der Waals surface area contributed by atoms with Crippen LogP contribution in [0.1, 0.15) is 44.1 Å². The number of nitrogens with two attached hydrogens (primary N) is 1. The Labute approximate surface area is 214 Å². The van der Waals surface area contributed by atoms with Crippen molar-refractivity contribution >= 4 is 25.8 Å². The standard InChI is InChI=1S/C27H36ClN3O3Si/c1-27(2,3)35(4,5)34-24(17-31-18-25(26(29)32)30-19-31)10-7-15-33-23-9-6-8-21(16-23)20-11-13-22(28)14-12-20/h6,8-9,11-14,16,18-19,24H,7,10,15,17H2,1-5H3,(H2,29,32). The van der Waals surface area contributed by atoms with Crippen LogP contribution < -0.4 is 10.5 Å². The van der Waals surface area contributed by atoms with E-state index in [1.54, 1.807) is 12.5 Å². The van der Waals surface area contributed by atoms with E-state index < -0.39 is 14.2 Å². The molecule has 0 fully saturated rings. The van der Waals surface area contributed by atoms with Crippen LogP contribution in [0.5, 0.6) is 5.75 Å². The van der Waals surface area contributed by atoms with E-state index in [0.717, 1.165) is 34.7 Å². The van der Waals surface area contributed by atoms with Crippen molar-refractivity contribution in [1.82, 2.24) is 9.55 Å². The first-order valence-electron chi connectivity index (χ1n) is 11.9. The summed E-state index contributed by atoms with van der Waals surface area (Å²) in [7, 11) is -1.99. The van der Waals surface area contributed by atoms with Crippen molar-refractivity contribution in [2.24, 2.45) is 5.73 Å². The molecule has 35 heavy (non-hydrogen) atoms. The van der Waals surface area contributed by atoms with E-state index in [2.05, 4.69) is 44.9 Å². The highest BCUT2D eigenvalue weighted by atomic mass is 35.5. The van der Waals surface area contributed by atoms with Gasteiger partial charge < -0.3 is 19.5 Å². The van der Waals surface area contributed by atoms with E-state index in [-0.39, 0.29) is 16.8 Å². The molecule has 1 atom stereocenters. The van der Waals surface area contributed by atoms with Gasteiger partial charge in [-0.2, -0.15) is 0 Å². The molecule has 0 saturated carbocycles. The van der Waals surface area contributed by atoms with E-state index in [9.17, 15) is 4.79 Å². The van der Waals surface area contributed by atoms with Crippen LogP contribution in [0, 0.1) is 0 Å². The SMILES string of the molecule is CC(C)(C)[Si](C)(C)OC(CCCOc1cccc(-c2ccc(Cl)cc2)c1)Cn1cnc(C(N)=O)c1. The largest absolute Gasteiger partial charge is 0.494 e. The molecule has 3 rings (SSSR count). The van der Waals surface area contributed by atoms with Crippen LogP contribution in [0.4, 0.5) is 0 Å². The molecule has 0 radical (unpaired) electrons. The third-order valence-corrected chi connectivity index (χ3v) is 11.3. The zero-order valence-electron chi connectivity index (χ0n) is 21.3. The predicted octanol–water partition coefficient (Wildman–Crippen LogP) is 6.55. The third-order valence-electron chi connectivity index (χ3n) is 6.52. The summed E-state index contributed by atoms with van der Waals surface area (Å²) in [5.41, 5.74) is 7.81. The van der Waals surface area contributed by atoms with Gasteiger partial charge in [-0.25, -0.2) is 4.98 Å². The third kappa shape index (κ3) is 7.69. The Hall–Kier alpha value is -2.61. The lowest BCUT2D eigenvalue weighted by atomic mass is 10.1. The van der Waals surface area contributed by atoms with Gasteiger partial charge >= 0.3 is 0 Å². The van der Waals surface area contributed by atoms with Crippen molar-refractivity contribution in [3.63, 3.8) is 0 Å². The number of aromatic nitrogens is 2. The van der Waals surface area contributed by atoms with Gasteiger partial charge in [0.25, 0.3) is 5.91 Å². The maximum Gasteiger partial charge on any atom is 0.268 e. The van der Waals surface area contributed by atoms with Crippen molar-refractivity contribution < 1.29 is 14.0 Å². The normalized spacial score (nSPS) is 13.0. The number of hydrogen-bond acceptors (Lipinski definition) is 4. The summed E-state index contributed by atoms with van der Waals surface area (Å²) in [6.45, 7) is 12.4. The lowest BCUT2D eigenvalue weighted by Gasteiger charge is -2.39. The Morgan fingerprint density at radius 2 is 1.86 bits per heavy atom. The van der Waals surface area contributed by atoms with Gasteiger partial charge in [-0.05, 0) is 66.4 Å². The second-order valence-electron chi connectivity index (χ2n) is 10.3. The van der Waals surface area contributed by atoms with E-state index in [1.807, 2.05) is 47.0 Å². The van der Waals surface area contributed by atoms with Gasteiger partial charge in [-0.1, -0.05) is 56.6 Å². The molecule has 0 aliphatic heterocycles. The number of rotatable bonds is 11. The highest BCUT2D eigenvalue weighted by Crippen LogP contribution is 2.38. The first kappa shape index (κ1) is 27.0. The van der Waals surface area contributed by atoms with E-state index in [4.69, 9.17) is 26.5 Å². The minimum atomic E-state index is -1.99. The van der Waals surface area contributed by atoms with Gasteiger partial charge in [0.2, 0.25) is 0 Å². The number of imidazole rings is 1. The number of halogens is 1. The van der Waals surface area contributed by atoms with Crippen molar-refractivity contribution in [3.8, 4) is 16.9 Å². The number of nitrogens with zero attached hydrogens (tertiary/aromatic N) is 2. The van der Waals surface area contributed by atoms with Crippen LogP contribution in [0.15, 0.2) is 61.1 Å². The van der Waals surface area contributed by atoms with Gasteiger partial charge in [0, 0.05) is 17.8 Å². The van der Waals surface area contributed by atoms with Crippen LogP contribution in [0.2, 0.25) is 23.2 Å². The fourth-order valence-corrected chi connectivity index (χ4v) is 5.02. The Morgan fingerprint density at radius 3 is 2.49 bits per heavy atom. The molecular formula is C27H36ClN3O3Si. The Morgan fingerprint density at radius 1 is 1.14 bits per heavy atom. The number of carbonyl (C=O) groups is 1. The average molecular weight is 514 g/mol.